The Morgan fingerprint density at radius 2 is 2.32 bits per heavy atom. The Kier molecular flexibility index (Phi) is 3.84. The second-order valence-corrected chi connectivity index (χ2v) is 4.58. The number of methoxy groups -OCH3 is 1. The first-order valence-corrected chi connectivity index (χ1v) is 6.10. The Bertz CT molecular complexity index is 627. The third-order valence-corrected chi connectivity index (χ3v) is 3.38. The van der Waals surface area contributed by atoms with E-state index >= 15 is 0 Å². The first-order valence-electron chi connectivity index (χ1n) is 5.31. The van der Waals surface area contributed by atoms with Gasteiger partial charge in [0.1, 0.15) is 5.69 Å². The average molecular weight is 329 g/mol. The van der Waals surface area contributed by atoms with Gasteiger partial charge in [-0.05, 0) is 34.1 Å². The molecule has 0 bridgehead atoms. The van der Waals surface area contributed by atoms with Crippen LogP contribution in [0.2, 0.25) is 0 Å². The summed E-state index contributed by atoms with van der Waals surface area (Å²) in [6.45, 7) is 0. The molecule has 7 heteroatoms. The molecule has 2 N–H and O–H groups in total. The number of H-pyrrole nitrogens is 1. The lowest BCUT2D eigenvalue weighted by Crippen LogP contribution is -2.00. The van der Waals surface area contributed by atoms with E-state index in [0.717, 1.165) is 0 Å². The zero-order valence-electron chi connectivity index (χ0n) is 9.91. The Hall–Kier alpha value is -1.89. The molecule has 0 radical (unpaired) electrons. The highest BCUT2D eigenvalue weighted by molar-refractivity contribution is 9.10. The predicted molar refractivity (Wildman–Crippen MR) is 69.6 cm³/mol. The zero-order chi connectivity index (χ0) is 14.0. The maximum atomic E-state index is 13.6. The molecule has 100 valence electrons. The Morgan fingerprint density at radius 3 is 2.89 bits per heavy atom. The summed E-state index contributed by atoms with van der Waals surface area (Å²) in [7, 11) is 1.38. The smallest absolute Gasteiger partial charge is 0.309 e. The number of carboxylic acid groups (broad SMARTS) is 1. The van der Waals surface area contributed by atoms with Gasteiger partial charge in [0, 0.05) is 5.56 Å². The minimum Gasteiger partial charge on any atom is -0.494 e. The molecule has 0 saturated carbocycles. The molecule has 0 aliphatic carbocycles. The van der Waals surface area contributed by atoms with Crippen LogP contribution >= 0.6 is 15.9 Å². The largest absolute Gasteiger partial charge is 0.494 e. The molecule has 2 rings (SSSR count). The van der Waals surface area contributed by atoms with Gasteiger partial charge in [-0.3, -0.25) is 9.89 Å². The highest BCUT2D eigenvalue weighted by Gasteiger charge is 2.16. The van der Waals surface area contributed by atoms with Crippen LogP contribution in [0.4, 0.5) is 4.39 Å². The number of rotatable bonds is 4. The van der Waals surface area contributed by atoms with Crippen molar-refractivity contribution in [1.82, 2.24) is 10.2 Å². The lowest BCUT2D eigenvalue weighted by molar-refractivity contribution is -0.136. The average Bonchev–Trinajstić information content (AvgIpc) is 2.70. The molecule has 0 fully saturated rings. The molecule has 0 amide bonds. The van der Waals surface area contributed by atoms with Crippen LogP contribution in [0.3, 0.4) is 0 Å². The van der Waals surface area contributed by atoms with Crippen LogP contribution in [0.5, 0.6) is 5.75 Å². The molecule has 0 spiro atoms. The van der Waals surface area contributed by atoms with Crippen molar-refractivity contribution in [3.63, 3.8) is 0 Å². The van der Waals surface area contributed by atoms with Gasteiger partial charge in [0.05, 0.1) is 23.7 Å². The van der Waals surface area contributed by atoms with E-state index in [9.17, 15) is 9.18 Å². The Morgan fingerprint density at radius 1 is 1.58 bits per heavy atom. The van der Waals surface area contributed by atoms with Gasteiger partial charge in [-0.2, -0.15) is 5.10 Å². The monoisotopic (exact) mass is 328 g/mol. The minimum atomic E-state index is -0.975. The molecule has 0 aliphatic rings. The minimum absolute atomic E-state index is 0.140. The number of aromatic nitrogens is 2. The lowest BCUT2D eigenvalue weighted by atomic mass is 10.1. The fourth-order valence-electron chi connectivity index (χ4n) is 1.64. The van der Waals surface area contributed by atoms with Gasteiger partial charge < -0.3 is 9.84 Å². The van der Waals surface area contributed by atoms with Crippen molar-refractivity contribution in [1.29, 1.82) is 0 Å². The van der Waals surface area contributed by atoms with Crippen molar-refractivity contribution in [2.75, 3.05) is 7.11 Å². The number of aliphatic carboxylic acids is 1. The van der Waals surface area contributed by atoms with E-state index in [-0.39, 0.29) is 12.2 Å². The molecule has 2 aromatic rings. The van der Waals surface area contributed by atoms with E-state index in [1.807, 2.05) is 0 Å². The van der Waals surface area contributed by atoms with Gasteiger partial charge in [-0.1, -0.05) is 0 Å². The van der Waals surface area contributed by atoms with Crippen LogP contribution in [-0.4, -0.2) is 28.4 Å². The summed E-state index contributed by atoms with van der Waals surface area (Å²) < 4.78 is 19.0. The number of hydrogen-bond acceptors (Lipinski definition) is 3. The highest BCUT2D eigenvalue weighted by atomic mass is 79.9. The normalized spacial score (nSPS) is 10.5. The number of benzene rings is 1. The quantitative estimate of drug-likeness (QED) is 0.904. The molecule has 5 nitrogen and oxygen atoms in total. The van der Waals surface area contributed by atoms with Crippen molar-refractivity contribution < 1.29 is 19.0 Å². The standard InChI is InChI=1S/C12H10BrFN2O3/c1-19-9-3-2-6(4-7(9)14)12-11(13)8(15-16-12)5-10(17)18/h2-4H,5H2,1H3,(H,15,16)(H,17,18). The van der Waals surface area contributed by atoms with E-state index in [1.165, 1.54) is 19.2 Å². The van der Waals surface area contributed by atoms with E-state index in [0.29, 0.717) is 21.4 Å². The van der Waals surface area contributed by atoms with Crippen molar-refractivity contribution in [2.45, 2.75) is 6.42 Å². The summed E-state index contributed by atoms with van der Waals surface area (Å²) >= 11 is 3.27. The molecule has 0 unspecified atom stereocenters. The second-order valence-electron chi connectivity index (χ2n) is 3.78. The number of hydrogen-bond donors (Lipinski definition) is 2. The maximum absolute atomic E-state index is 13.6. The number of carbonyl (C=O) groups is 1. The van der Waals surface area contributed by atoms with Crippen LogP contribution in [-0.2, 0) is 11.2 Å². The summed E-state index contributed by atoms with van der Waals surface area (Å²) in [5.41, 5.74) is 1.41. The number of carboxylic acids is 1. The predicted octanol–water partition coefficient (Wildman–Crippen LogP) is 2.61. The summed E-state index contributed by atoms with van der Waals surface area (Å²) in [6, 6.07) is 4.42. The molecular weight excluding hydrogens is 319 g/mol. The van der Waals surface area contributed by atoms with Gasteiger partial charge in [-0.15, -0.1) is 0 Å². The van der Waals surface area contributed by atoms with Crippen LogP contribution in [0.1, 0.15) is 5.69 Å². The second kappa shape index (κ2) is 5.40. The number of aromatic amines is 1. The number of nitrogens with one attached hydrogen (secondary N) is 1. The molecular formula is C12H10BrFN2O3. The van der Waals surface area contributed by atoms with Crippen LogP contribution in [0.15, 0.2) is 22.7 Å². The first-order chi connectivity index (χ1) is 9.02. The van der Waals surface area contributed by atoms with Crippen molar-refractivity contribution in [2.24, 2.45) is 0 Å². The van der Waals surface area contributed by atoms with Gasteiger partial charge in [0.25, 0.3) is 0 Å². The first kappa shape index (κ1) is 13.5. The van der Waals surface area contributed by atoms with Crippen LogP contribution in [0, 0.1) is 5.82 Å². The van der Waals surface area contributed by atoms with Crippen molar-refractivity contribution in [3.05, 3.63) is 34.2 Å². The number of nitrogens with zero attached hydrogens (tertiary/aromatic N) is 1. The van der Waals surface area contributed by atoms with Crippen molar-refractivity contribution in [3.8, 4) is 17.0 Å². The van der Waals surface area contributed by atoms with Gasteiger partial charge in [-0.25, -0.2) is 4.39 Å². The van der Waals surface area contributed by atoms with Gasteiger partial charge in [0.2, 0.25) is 0 Å². The fraction of sp³-hybridized carbons (Fsp3) is 0.167. The SMILES string of the molecule is COc1ccc(-c2n[nH]c(CC(=O)O)c2Br)cc1F. The Balaban J connectivity index is 2.39. The van der Waals surface area contributed by atoms with E-state index in [1.54, 1.807) is 6.07 Å². The van der Waals surface area contributed by atoms with Crippen molar-refractivity contribution >= 4 is 21.9 Å². The van der Waals surface area contributed by atoms with E-state index in [4.69, 9.17) is 9.84 Å². The number of ether oxygens (including phenoxy) is 1. The van der Waals surface area contributed by atoms with E-state index in [2.05, 4.69) is 26.1 Å². The molecule has 1 aromatic carbocycles. The Labute approximate surface area is 116 Å². The summed E-state index contributed by atoms with van der Waals surface area (Å²) in [4.78, 5) is 10.7. The maximum Gasteiger partial charge on any atom is 0.309 e. The van der Waals surface area contributed by atoms with Gasteiger partial charge in [0.15, 0.2) is 11.6 Å². The van der Waals surface area contributed by atoms with Crippen LogP contribution in [0.25, 0.3) is 11.3 Å². The molecule has 1 aromatic heterocycles. The number of halogens is 2. The van der Waals surface area contributed by atoms with Crippen LogP contribution < -0.4 is 4.74 Å². The lowest BCUT2D eigenvalue weighted by Gasteiger charge is -2.03. The summed E-state index contributed by atoms with van der Waals surface area (Å²) in [6.07, 6.45) is -0.188. The topological polar surface area (TPSA) is 75.2 Å². The third kappa shape index (κ3) is 2.76. The fourth-order valence-corrected chi connectivity index (χ4v) is 2.18. The molecule has 0 atom stereocenters. The molecule has 19 heavy (non-hydrogen) atoms. The molecule has 1 heterocycles. The highest BCUT2D eigenvalue weighted by Crippen LogP contribution is 2.31. The molecule has 0 aliphatic heterocycles. The van der Waals surface area contributed by atoms with Gasteiger partial charge >= 0.3 is 5.97 Å². The zero-order valence-corrected chi connectivity index (χ0v) is 11.5. The van der Waals surface area contributed by atoms with E-state index < -0.39 is 11.8 Å². The third-order valence-electron chi connectivity index (χ3n) is 2.53. The summed E-state index contributed by atoms with van der Waals surface area (Å²) in [5.74, 6) is -1.34. The summed E-state index contributed by atoms with van der Waals surface area (Å²) in [5, 5.41) is 15.4. The molecule has 0 saturated heterocycles.